The zero-order valence-corrected chi connectivity index (χ0v) is 6.30. The third kappa shape index (κ3) is 2.03. The van der Waals surface area contributed by atoms with E-state index in [2.05, 4.69) is 12.1 Å². The first-order chi connectivity index (χ1) is 5.19. The first kappa shape index (κ1) is 8.23. The number of hydrogen-bond donors (Lipinski definition) is 2. The van der Waals surface area contributed by atoms with E-state index in [-0.39, 0.29) is 5.91 Å². The molecule has 0 unspecified atom stereocenters. The van der Waals surface area contributed by atoms with E-state index in [0.29, 0.717) is 6.61 Å². The number of nitrogens with one attached hydrogen (secondary N) is 1. The van der Waals surface area contributed by atoms with E-state index in [0.717, 1.165) is 12.8 Å². The molecule has 62 valence electrons. The number of rotatable bonds is 4. The van der Waals surface area contributed by atoms with Crippen molar-refractivity contribution in [2.45, 2.75) is 18.4 Å². The fourth-order valence-corrected chi connectivity index (χ4v) is 0.630. The predicted octanol–water partition coefficient (Wildman–Crippen LogP) is -0.289. The van der Waals surface area contributed by atoms with Crippen molar-refractivity contribution in [2.75, 3.05) is 6.61 Å². The highest BCUT2D eigenvalue weighted by Gasteiger charge is 2.46. The van der Waals surface area contributed by atoms with Gasteiger partial charge in [-0.2, -0.15) is 0 Å². The van der Waals surface area contributed by atoms with Crippen LogP contribution in [0.1, 0.15) is 12.8 Å². The zero-order chi connectivity index (χ0) is 8.32. The van der Waals surface area contributed by atoms with Crippen LogP contribution in [0.3, 0.4) is 0 Å². The lowest BCUT2D eigenvalue weighted by Gasteiger charge is -2.07. The summed E-state index contributed by atoms with van der Waals surface area (Å²) in [7, 11) is 0. The van der Waals surface area contributed by atoms with Crippen LogP contribution >= 0.6 is 0 Å². The molecule has 0 atom stereocenters. The van der Waals surface area contributed by atoms with E-state index >= 15 is 0 Å². The van der Waals surface area contributed by atoms with Crippen molar-refractivity contribution < 1.29 is 9.63 Å². The Labute approximate surface area is 65.4 Å². The molecule has 0 aromatic carbocycles. The molecule has 0 bridgehead atoms. The van der Waals surface area contributed by atoms with Crippen LogP contribution in [0.4, 0.5) is 0 Å². The molecule has 0 spiro atoms. The van der Waals surface area contributed by atoms with E-state index < -0.39 is 5.54 Å². The van der Waals surface area contributed by atoms with Crippen molar-refractivity contribution in [3.8, 4) is 0 Å². The van der Waals surface area contributed by atoms with Crippen LogP contribution in [0.25, 0.3) is 0 Å². The molecule has 1 amide bonds. The maximum absolute atomic E-state index is 11.0. The van der Waals surface area contributed by atoms with Gasteiger partial charge in [-0.25, -0.2) is 5.48 Å². The van der Waals surface area contributed by atoms with E-state index in [4.69, 9.17) is 10.6 Å². The fraction of sp³-hybridized carbons (Fsp3) is 0.571. The van der Waals surface area contributed by atoms with Gasteiger partial charge in [0.15, 0.2) is 0 Å². The first-order valence-electron chi connectivity index (χ1n) is 3.51. The van der Waals surface area contributed by atoms with Crippen molar-refractivity contribution in [1.29, 1.82) is 0 Å². The van der Waals surface area contributed by atoms with Crippen LogP contribution in [-0.4, -0.2) is 18.1 Å². The Bertz CT molecular complexity index is 175. The standard InChI is InChI=1S/C7H12N2O2/c1-2-5-11-9-6(10)7(8)3-4-7/h2H,1,3-5,8H2,(H,9,10). The number of hydrogen-bond acceptors (Lipinski definition) is 3. The average molecular weight is 156 g/mol. The number of nitrogens with two attached hydrogens (primary N) is 1. The van der Waals surface area contributed by atoms with E-state index in [1.165, 1.54) is 0 Å². The molecule has 0 aromatic heterocycles. The maximum atomic E-state index is 11.0. The Balaban J connectivity index is 2.16. The lowest BCUT2D eigenvalue weighted by molar-refractivity contribution is -0.134. The molecular weight excluding hydrogens is 144 g/mol. The van der Waals surface area contributed by atoms with Crippen LogP contribution in [0.2, 0.25) is 0 Å². The predicted molar refractivity (Wildman–Crippen MR) is 40.4 cm³/mol. The van der Waals surface area contributed by atoms with E-state index in [1.54, 1.807) is 6.08 Å². The second-order valence-corrected chi connectivity index (χ2v) is 2.69. The highest BCUT2D eigenvalue weighted by atomic mass is 16.6. The second-order valence-electron chi connectivity index (χ2n) is 2.69. The Morgan fingerprint density at radius 2 is 2.45 bits per heavy atom. The topological polar surface area (TPSA) is 64.3 Å². The summed E-state index contributed by atoms with van der Waals surface area (Å²) in [5, 5.41) is 0. The molecule has 4 heteroatoms. The number of carbonyl (C=O) groups excluding carboxylic acids is 1. The average Bonchev–Trinajstić information content (AvgIpc) is 2.70. The highest BCUT2D eigenvalue weighted by Crippen LogP contribution is 2.31. The van der Waals surface area contributed by atoms with Gasteiger partial charge in [0.25, 0.3) is 5.91 Å². The summed E-state index contributed by atoms with van der Waals surface area (Å²) < 4.78 is 0. The molecule has 1 aliphatic carbocycles. The molecule has 4 nitrogen and oxygen atoms in total. The van der Waals surface area contributed by atoms with Gasteiger partial charge in [-0.15, -0.1) is 6.58 Å². The molecule has 3 N–H and O–H groups in total. The van der Waals surface area contributed by atoms with Gasteiger partial charge >= 0.3 is 0 Å². The van der Waals surface area contributed by atoms with Crippen molar-refractivity contribution in [1.82, 2.24) is 5.48 Å². The summed E-state index contributed by atoms with van der Waals surface area (Å²) in [4.78, 5) is 15.7. The highest BCUT2D eigenvalue weighted by molar-refractivity contribution is 5.88. The Hall–Kier alpha value is -0.870. The van der Waals surface area contributed by atoms with Crippen molar-refractivity contribution >= 4 is 5.91 Å². The lowest BCUT2D eigenvalue weighted by Crippen LogP contribution is -2.42. The minimum atomic E-state index is -0.652. The monoisotopic (exact) mass is 156 g/mol. The van der Waals surface area contributed by atoms with Gasteiger partial charge in [-0.05, 0) is 12.8 Å². The quantitative estimate of drug-likeness (QED) is 0.334. The maximum Gasteiger partial charge on any atom is 0.263 e. The first-order valence-corrected chi connectivity index (χ1v) is 3.51. The largest absolute Gasteiger partial charge is 0.317 e. The number of carbonyl (C=O) groups is 1. The molecule has 0 saturated heterocycles. The summed E-state index contributed by atoms with van der Waals surface area (Å²) in [6, 6.07) is 0. The normalized spacial score (nSPS) is 19.0. The summed E-state index contributed by atoms with van der Waals surface area (Å²) in [6.45, 7) is 3.74. The van der Waals surface area contributed by atoms with Crippen molar-refractivity contribution in [2.24, 2.45) is 5.73 Å². The van der Waals surface area contributed by atoms with Crippen molar-refractivity contribution in [3.63, 3.8) is 0 Å². The van der Waals surface area contributed by atoms with Gasteiger partial charge in [0.05, 0.1) is 12.1 Å². The van der Waals surface area contributed by atoms with Crippen molar-refractivity contribution in [3.05, 3.63) is 12.7 Å². The molecule has 0 radical (unpaired) electrons. The van der Waals surface area contributed by atoms with E-state index in [1.807, 2.05) is 0 Å². The molecule has 11 heavy (non-hydrogen) atoms. The van der Waals surface area contributed by atoms with Gasteiger partial charge in [0.1, 0.15) is 0 Å². The second kappa shape index (κ2) is 3.02. The van der Waals surface area contributed by atoms with Gasteiger partial charge in [-0.1, -0.05) is 6.08 Å². The summed E-state index contributed by atoms with van der Waals surface area (Å²) in [6.07, 6.45) is 3.04. The van der Waals surface area contributed by atoms with Gasteiger partial charge in [0.2, 0.25) is 0 Å². The summed E-state index contributed by atoms with van der Waals surface area (Å²) >= 11 is 0. The molecule has 1 saturated carbocycles. The molecule has 0 heterocycles. The van der Waals surface area contributed by atoms with Crippen LogP contribution in [0, 0.1) is 0 Å². The number of amides is 1. The third-order valence-electron chi connectivity index (χ3n) is 1.61. The SMILES string of the molecule is C=CCONC(=O)C1(N)CC1. The Morgan fingerprint density at radius 3 is 2.91 bits per heavy atom. The van der Waals surface area contributed by atoms with Crippen LogP contribution < -0.4 is 11.2 Å². The van der Waals surface area contributed by atoms with Crippen LogP contribution in [0.15, 0.2) is 12.7 Å². The van der Waals surface area contributed by atoms with Gasteiger partial charge < -0.3 is 5.73 Å². The van der Waals surface area contributed by atoms with Gasteiger partial charge in [0, 0.05) is 0 Å². The Kier molecular flexibility index (Phi) is 2.26. The number of hydroxylamine groups is 1. The van der Waals surface area contributed by atoms with E-state index in [9.17, 15) is 4.79 Å². The minimum absolute atomic E-state index is 0.237. The Morgan fingerprint density at radius 1 is 1.82 bits per heavy atom. The third-order valence-corrected chi connectivity index (χ3v) is 1.61. The smallest absolute Gasteiger partial charge is 0.263 e. The molecule has 1 rings (SSSR count). The van der Waals surface area contributed by atoms with Crippen LogP contribution in [-0.2, 0) is 9.63 Å². The summed E-state index contributed by atoms with van der Waals surface area (Å²) in [5.41, 5.74) is 7.15. The molecule has 1 aliphatic rings. The molecule has 0 aliphatic heterocycles. The minimum Gasteiger partial charge on any atom is -0.317 e. The van der Waals surface area contributed by atoms with Gasteiger partial charge in [-0.3, -0.25) is 9.63 Å². The molecular formula is C7H12N2O2. The fourth-order valence-electron chi connectivity index (χ4n) is 0.630. The summed E-state index contributed by atoms with van der Waals surface area (Å²) in [5.74, 6) is -0.237. The zero-order valence-electron chi connectivity index (χ0n) is 6.30. The van der Waals surface area contributed by atoms with Crippen LogP contribution in [0.5, 0.6) is 0 Å². The lowest BCUT2D eigenvalue weighted by atomic mass is 10.3. The molecule has 0 aromatic rings. The molecule has 1 fully saturated rings.